The Labute approximate surface area is 402 Å². The predicted molar refractivity (Wildman–Crippen MR) is 251 cm³/mol. The number of carbonyl (C=O) groups is 5. The molecule has 0 aromatic heterocycles. The van der Waals surface area contributed by atoms with Crippen molar-refractivity contribution in [3.8, 4) is 0 Å². The molecule has 0 aliphatic heterocycles. The van der Waals surface area contributed by atoms with Crippen LogP contribution in [-0.2, 0) is 95.3 Å². The zero-order valence-electron chi connectivity index (χ0n) is 40.3. The monoisotopic (exact) mass is 964 g/mol. The van der Waals surface area contributed by atoms with Gasteiger partial charge >= 0.3 is 5.97 Å². The number of amides is 3. The maximum Gasteiger partial charge on any atom is 0.308 e. The molecule has 3 N–H and O–H groups in total. The molecule has 2 rings (SSSR count). The third-order valence-corrected chi connectivity index (χ3v) is 9.68. The second kappa shape index (κ2) is 42.7. The highest BCUT2D eigenvalue weighted by Crippen LogP contribution is 2.11. The molecular weight excluding hydrogens is 887 g/mol. The van der Waals surface area contributed by atoms with E-state index in [2.05, 4.69) is 40.2 Å². The SMILES string of the molecule is COCCOCCOCCOCCOCC(=O)NCCC[C@H](NC(=O)COCCOCCOCCOCCOC)C(=O)NCCC(=O)OCC(=O)Cc1ccc(CCCCc2ccccc2)cc1. The van der Waals surface area contributed by atoms with Gasteiger partial charge < -0.3 is 68.1 Å². The summed E-state index contributed by atoms with van der Waals surface area (Å²) in [4.78, 5) is 63.3. The van der Waals surface area contributed by atoms with Crippen molar-refractivity contribution in [3.05, 3.63) is 71.3 Å². The van der Waals surface area contributed by atoms with Crippen molar-refractivity contribution in [1.82, 2.24) is 16.0 Å². The molecule has 19 nitrogen and oxygen atoms in total. The van der Waals surface area contributed by atoms with Crippen LogP contribution in [0.3, 0.4) is 0 Å². The Bertz CT molecular complexity index is 1590. The highest BCUT2D eigenvalue weighted by molar-refractivity contribution is 5.88. The van der Waals surface area contributed by atoms with Crippen molar-refractivity contribution >= 4 is 29.5 Å². The minimum atomic E-state index is -0.992. The number of benzene rings is 2. The summed E-state index contributed by atoms with van der Waals surface area (Å²) in [5.41, 5.74) is 3.37. The van der Waals surface area contributed by atoms with Crippen LogP contribution in [0.25, 0.3) is 0 Å². The average Bonchev–Trinajstić information content (AvgIpc) is 3.34. The molecule has 0 radical (unpaired) electrons. The van der Waals surface area contributed by atoms with E-state index in [0.29, 0.717) is 85.7 Å². The molecule has 384 valence electrons. The number of esters is 1. The van der Waals surface area contributed by atoms with Crippen LogP contribution in [-0.4, -0.2) is 188 Å². The summed E-state index contributed by atoms with van der Waals surface area (Å²) in [6.45, 7) is 5.47. The Morgan fingerprint density at radius 1 is 0.471 bits per heavy atom. The number of rotatable bonds is 46. The van der Waals surface area contributed by atoms with Crippen molar-refractivity contribution in [2.24, 2.45) is 0 Å². The molecule has 19 heteroatoms. The summed E-state index contributed by atoms with van der Waals surface area (Å²) >= 11 is 0. The van der Waals surface area contributed by atoms with Gasteiger partial charge in [0.25, 0.3) is 0 Å². The van der Waals surface area contributed by atoms with E-state index >= 15 is 0 Å². The van der Waals surface area contributed by atoms with Gasteiger partial charge in [-0.2, -0.15) is 0 Å². The standard InChI is InChI=1S/C49H77N3O16/c1-58-21-23-60-25-27-62-29-31-64-33-35-66-39-46(54)50-19-8-13-45(52-47(55)40-67-36-34-65-32-30-63-28-26-61-24-22-59-2)49(57)51-20-18-48(56)68-38-44(53)37-43-16-14-42(15-17-43)12-7-6-11-41-9-4-3-5-10-41/h3-5,9-10,14-17,45H,6-8,11-13,18-40H2,1-2H3,(H,50,54)(H,51,57)(H,52,55)/t45-/m0/s1. The lowest BCUT2D eigenvalue weighted by Crippen LogP contribution is -2.48. The Balaban J connectivity index is 1.67. The molecule has 0 spiro atoms. The van der Waals surface area contributed by atoms with Gasteiger partial charge in [0.2, 0.25) is 17.7 Å². The topological polar surface area (TPSA) is 223 Å². The number of hydrogen-bond donors (Lipinski definition) is 3. The highest BCUT2D eigenvalue weighted by atomic mass is 16.6. The van der Waals surface area contributed by atoms with Gasteiger partial charge in [-0.3, -0.25) is 24.0 Å². The molecule has 0 unspecified atom stereocenters. The smallest absolute Gasteiger partial charge is 0.308 e. The van der Waals surface area contributed by atoms with Gasteiger partial charge in [0.1, 0.15) is 25.9 Å². The van der Waals surface area contributed by atoms with Crippen molar-refractivity contribution in [3.63, 3.8) is 0 Å². The van der Waals surface area contributed by atoms with E-state index in [1.165, 1.54) is 11.1 Å². The fourth-order valence-corrected chi connectivity index (χ4v) is 6.07. The Kier molecular flexibility index (Phi) is 37.5. The molecule has 0 aliphatic rings. The molecule has 3 amide bonds. The molecule has 1 atom stereocenters. The minimum absolute atomic E-state index is 0.0848. The molecule has 0 fully saturated rings. The zero-order valence-corrected chi connectivity index (χ0v) is 40.3. The third kappa shape index (κ3) is 34.8. The summed E-state index contributed by atoms with van der Waals surface area (Å²) < 4.78 is 58.1. The lowest BCUT2D eigenvalue weighted by molar-refractivity contribution is -0.147. The fraction of sp³-hybridized carbons (Fsp3) is 0.653. The van der Waals surface area contributed by atoms with Crippen molar-refractivity contribution in [2.75, 3.05) is 153 Å². The molecule has 0 saturated carbocycles. The number of unbranched alkanes of at least 4 members (excludes halogenated alkanes) is 1. The summed E-state index contributed by atoms with van der Waals surface area (Å²) in [6.07, 6.45) is 4.61. The van der Waals surface area contributed by atoms with E-state index in [0.717, 1.165) is 31.2 Å². The number of methoxy groups -OCH3 is 2. The quantitative estimate of drug-likeness (QED) is 0.0640. The highest BCUT2D eigenvalue weighted by Gasteiger charge is 2.21. The van der Waals surface area contributed by atoms with E-state index in [9.17, 15) is 24.0 Å². The largest absolute Gasteiger partial charge is 0.458 e. The van der Waals surface area contributed by atoms with E-state index < -0.39 is 23.8 Å². The van der Waals surface area contributed by atoms with Gasteiger partial charge in [0, 0.05) is 33.7 Å². The molecule has 2 aromatic rings. The number of hydrogen-bond acceptors (Lipinski definition) is 16. The molecule has 2 aromatic carbocycles. The molecule has 68 heavy (non-hydrogen) atoms. The van der Waals surface area contributed by atoms with Crippen LogP contribution in [0, 0.1) is 0 Å². The van der Waals surface area contributed by atoms with E-state index in [1.54, 1.807) is 14.2 Å². The number of ether oxygens (including phenoxy) is 11. The summed E-state index contributed by atoms with van der Waals surface area (Å²) in [7, 11) is 3.21. The Morgan fingerprint density at radius 2 is 0.926 bits per heavy atom. The molecule has 0 saturated heterocycles. The normalized spacial score (nSPS) is 11.6. The first-order valence-electron chi connectivity index (χ1n) is 23.5. The van der Waals surface area contributed by atoms with E-state index in [-0.39, 0.29) is 90.3 Å². The van der Waals surface area contributed by atoms with Crippen LogP contribution in [0.1, 0.15) is 48.8 Å². The second-order valence-electron chi connectivity index (χ2n) is 15.3. The van der Waals surface area contributed by atoms with E-state index in [4.69, 9.17) is 52.1 Å². The van der Waals surface area contributed by atoms with Crippen LogP contribution in [0.15, 0.2) is 54.6 Å². The third-order valence-electron chi connectivity index (χ3n) is 9.68. The van der Waals surface area contributed by atoms with Crippen LogP contribution in [0.2, 0.25) is 0 Å². The maximum absolute atomic E-state index is 13.2. The minimum Gasteiger partial charge on any atom is -0.458 e. The average molecular weight is 964 g/mol. The van der Waals surface area contributed by atoms with Crippen molar-refractivity contribution < 1.29 is 76.1 Å². The maximum atomic E-state index is 13.2. The molecule has 0 heterocycles. The predicted octanol–water partition coefficient (Wildman–Crippen LogP) is 2.22. The molecular formula is C49H77N3O16. The van der Waals surface area contributed by atoms with E-state index in [1.807, 2.05) is 30.3 Å². The second-order valence-corrected chi connectivity index (χ2v) is 15.3. The van der Waals surface area contributed by atoms with Gasteiger partial charge in [-0.15, -0.1) is 0 Å². The fourth-order valence-electron chi connectivity index (χ4n) is 6.07. The lowest BCUT2D eigenvalue weighted by atomic mass is 10.0. The van der Waals surface area contributed by atoms with Gasteiger partial charge in [0.15, 0.2) is 5.78 Å². The van der Waals surface area contributed by atoms with Crippen LogP contribution < -0.4 is 16.0 Å². The van der Waals surface area contributed by atoms with Crippen molar-refractivity contribution in [1.29, 1.82) is 0 Å². The number of Topliss-reactive ketones (excluding diaryl/α,β-unsaturated/α-hetero) is 1. The lowest BCUT2D eigenvalue weighted by Gasteiger charge is -2.19. The van der Waals surface area contributed by atoms with Crippen LogP contribution >= 0.6 is 0 Å². The Morgan fingerprint density at radius 3 is 1.44 bits per heavy atom. The van der Waals surface area contributed by atoms with Gasteiger partial charge in [-0.1, -0.05) is 54.6 Å². The van der Waals surface area contributed by atoms with Gasteiger partial charge in [-0.05, 0) is 55.2 Å². The Hall–Kier alpha value is -4.41. The first-order chi connectivity index (χ1) is 33.3. The number of nitrogens with one attached hydrogen (secondary N) is 3. The molecule has 0 aliphatic carbocycles. The first-order valence-corrected chi connectivity index (χ1v) is 23.5. The zero-order chi connectivity index (χ0) is 49.0. The molecule has 0 bridgehead atoms. The summed E-state index contributed by atoms with van der Waals surface area (Å²) in [5.74, 6) is -2.33. The van der Waals surface area contributed by atoms with Gasteiger partial charge in [0.05, 0.1) is 112 Å². The first kappa shape index (κ1) is 59.7. The number of aryl methyl sites for hydroxylation is 2. The van der Waals surface area contributed by atoms with Crippen LogP contribution in [0.5, 0.6) is 0 Å². The summed E-state index contributed by atoms with van der Waals surface area (Å²) in [6, 6.07) is 17.3. The summed E-state index contributed by atoms with van der Waals surface area (Å²) in [5, 5.41) is 8.04. The van der Waals surface area contributed by atoms with Gasteiger partial charge in [-0.25, -0.2) is 0 Å². The van der Waals surface area contributed by atoms with Crippen LogP contribution in [0.4, 0.5) is 0 Å². The number of ketones is 1. The van der Waals surface area contributed by atoms with Crippen molar-refractivity contribution in [2.45, 2.75) is 57.4 Å². The number of carbonyl (C=O) groups excluding carboxylic acids is 5.